The highest BCUT2D eigenvalue weighted by Crippen LogP contribution is 2.19. The molecular weight excluding hydrogens is 406 g/mol. The van der Waals surface area contributed by atoms with Crippen molar-refractivity contribution >= 4 is 29.2 Å². The minimum absolute atomic E-state index is 0.0168. The molecule has 168 valence electrons. The lowest BCUT2D eigenvalue weighted by Crippen LogP contribution is -2.51. The van der Waals surface area contributed by atoms with Gasteiger partial charge in [-0.2, -0.15) is 0 Å². The number of amidine groups is 1. The van der Waals surface area contributed by atoms with Crippen molar-refractivity contribution in [1.29, 1.82) is 5.41 Å². The van der Waals surface area contributed by atoms with Gasteiger partial charge in [0.2, 0.25) is 11.8 Å². The molecule has 4 N–H and O–H groups in total. The molecule has 2 aromatic rings. The van der Waals surface area contributed by atoms with Gasteiger partial charge in [-0.25, -0.2) is 0 Å². The Bertz CT molecular complexity index is 975. The van der Waals surface area contributed by atoms with E-state index < -0.39 is 0 Å². The number of carbonyl (C=O) groups excluding carboxylic acids is 3. The van der Waals surface area contributed by atoms with Crippen molar-refractivity contribution in [3.05, 3.63) is 65.7 Å². The van der Waals surface area contributed by atoms with Crippen LogP contribution in [0.25, 0.3) is 0 Å². The predicted octanol–water partition coefficient (Wildman–Crippen LogP) is 2.45. The van der Waals surface area contributed by atoms with Gasteiger partial charge in [-0.1, -0.05) is 18.2 Å². The van der Waals surface area contributed by atoms with E-state index in [0.717, 1.165) is 19.3 Å². The molecule has 0 radical (unpaired) electrons. The van der Waals surface area contributed by atoms with E-state index in [4.69, 9.17) is 11.1 Å². The van der Waals surface area contributed by atoms with Crippen molar-refractivity contribution in [3.63, 3.8) is 0 Å². The Morgan fingerprint density at radius 3 is 2.38 bits per heavy atom. The second-order valence-electron chi connectivity index (χ2n) is 7.95. The molecule has 32 heavy (non-hydrogen) atoms. The van der Waals surface area contributed by atoms with Gasteiger partial charge in [0.1, 0.15) is 12.4 Å². The molecule has 1 fully saturated rings. The average molecular weight is 436 g/mol. The number of nitrogen functional groups attached to an aromatic ring is 1. The quantitative estimate of drug-likeness (QED) is 0.457. The number of likely N-dealkylation sites (tertiary alicyclic amines) is 1. The van der Waals surface area contributed by atoms with Gasteiger partial charge in [0.05, 0.1) is 0 Å². The first-order chi connectivity index (χ1) is 15.3. The van der Waals surface area contributed by atoms with Crippen molar-refractivity contribution in [1.82, 2.24) is 9.80 Å². The summed E-state index contributed by atoms with van der Waals surface area (Å²) in [6.07, 6.45) is 2.72. The van der Waals surface area contributed by atoms with Crippen LogP contribution in [0.15, 0.2) is 54.6 Å². The summed E-state index contributed by atoms with van der Waals surface area (Å²) in [5, 5.41) is 10.2. The van der Waals surface area contributed by atoms with E-state index in [1.165, 1.54) is 4.90 Å². The highest BCUT2D eigenvalue weighted by molar-refractivity contribution is 6.00. The van der Waals surface area contributed by atoms with Crippen molar-refractivity contribution < 1.29 is 14.4 Å². The molecule has 0 saturated carbocycles. The number of anilines is 1. The molecular formula is C24H29N5O3. The molecule has 0 aliphatic carbocycles. The largest absolute Gasteiger partial charge is 0.384 e. The Kier molecular flexibility index (Phi) is 7.59. The second-order valence-corrected chi connectivity index (χ2v) is 7.95. The molecule has 1 aliphatic rings. The van der Waals surface area contributed by atoms with Gasteiger partial charge < -0.3 is 20.9 Å². The molecule has 8 heteroatoms. The highest BCUT2D eigenvalue weighted by atomic mass is 16.2. The van der Waals surface area contributed by atoms with Gasteiger partial charge in [0.15, 0.2) is 0 Å². The fourth-order valence-corrected chi connectivity index (χ4v) is 3.95. The Morgan fingerprint density at radius 1 is 1.06 bits per heavy atom. The van der Waals surface area contributed by atoms with Crippen LogP contribution in [0.3, 0.4) is 0 Å². The summed E-state index contributed by atoms with van der Waals surface area (Å²) < 4.78 is 0. The zero-order chi connectivity index (χ0) is 23.1. The smallest absolute Gasteiger partial charge is 0.254 e. The predicted molar refractivity (Wildman–Crippen MR) is 123 cm³/mol. The SMILES string of the molecule is CC(=O)N1CCCCC1CN(CC(=O)Nc1ccc(C(=N)N)cc1)C(=O)c1ccccc1. The molecule has 1 saturated heterocycles. The van der Waals surface area contributed by atoms with Crippen molar-refractivity contribution in [2.24, 2.45) is 5.73 Å². The van der Waals surface area contributed by atoms with Gasteiger partial charge in [-0.05, 0) is 55.7 Å². The van der Waals surface area contributed by atoms with Crippen LogP contribution in [-0.4, -0.2) is 59.0 Å². The average Bonchev–Trinajstić information content (AvgIpc) is 2.79. The topological polar surface area (TPSA) is 120 Å². The molecule has 0 aromatic heterocycles. The molecule has 3 amide bonds. The number of rotatable bonds is 7. The van der Waals surface area contributed by atoms with Crippen LogP contribution < -0.4 is 11.1 Å². The first-order valence-corrected chi connectivity index (χ1v) is 10.7. The fraction of sp³-hybridized carbons (Fsp3) is 0.333. The van der Waals surface area contributed by atoms with Crippen LogP contribution >= 0.6 is 0 Å². The van der Waals surface area contributed by atoms with Crippen LogP contribution in [0.2, 0.25) is 0 Å². The van der Waals surface area contributed by atoms with Gasteiger partial charge in [0.25, 0.3) is 5.91 Å². The maximum atomic E-state index is 13.2. The van der Waals surface area contributed by atoms with E-state index in [0.29, 0.717) is 29.9 Å². The maximum Gasteiger partial charge on any atom is 0.254 e. The standard InChI is InChI=1S/C24H29N5O3/c1-17(30)29-14-6-5-9-21(29)15-28(24(32)19-7-3-2-4-8-19)16-22(31)27-20-12-10-18(11-13-20)23(25)26/h2-4,7-8,10-13,21H,5-6,9,14-16H2,1H3,(H3,25,26)(H,27,31). The zero-order valence-electron chi connectivity index (χ0n) is 18.2. The van der Waals surface area contributed by atoms with E-state index in [-0.39, 0.29) is 36.1 Å². The van der Waals surface area contributed by atoms with Crippen LogP contribution in [-0.2, 0) is 9.59 Å². The summed E-state index contributed by atoms with van der Waals surface area (Å²) in [5.41, 5.74) is 7.07. The Labute approximate surface area is 187 Å². The normalized spacial score (nSPS) is 15.7. The van der Waals surface area contributed by atoms with Gasteiger partial charge in [-0.3, -0.25) is 19.8 Å². The van der Waals surface area contributed by atoms with Crippen LogP contribution in [0.1, 0.15) is 42.1 Å². The van der Waals surface area contributed by atoms with E-state index >= 15 is 0 Å². The van der Waals surface area contributed by atoms with E-state index in [1.807, 2.05) is 6.07 Å². The molecule has 2 aromatic carbocycles. The number of piperidine rings is 1. The summed E-state index contributed by atoms with van der Waals surface area (Å²) in [7, 11) is 0. The second kappa shape index (κ2) is 10.6. The number of nitrogens with zero attached hydrogens (tertiary/aromatic N) is 2. The summed E-state index contributed by atoms with van der Waals surface area (Å²) in [6, 6.07) is 15.3. The van der Waals surface area contributed by atoms with Crippen LogP contribution in [0.5, 0.6) is 0 Å². The molecule has 0 bridgehead atoms. The first-order valence-electron chi connectivity index (χ1n) is 10.7. The number of nitrogens with two attached hydrogens (primary N) is 1. The molecule has 0 spiro atoms. The monoisotopic (exact) mass is 435 g/mol. The Morgan fingerprint density at radius 2 is 1.75 bits per heavy atom. The third-order valence-corrected chi connectivity index (χ3v) is 5.58. The molecule has 1 heterocycles. The number of nitrogens with one attached hydrogen (secondary N) is 2. The minimum Gasteiger partial charge on any atom is -0.384 e. The fourth-order valence-electron chi connectivity index (χ4n) is 3.95. The molecule has 1 atom stereocenters. The van der Waals surface area contributed by atoms with Crippen LogP contribution in [0, 0.1) is 5.41 Å². The Hall–Kier alpha value is -3.68. The Balaban J connectivity index is 1.75. The lowest BCUT2D eigenvalue weighted by atomic mass is 10.0. The molecule has 1 aliphatic heterocycles. The molecule has 8 nitrogen and oxygen atoms in total. The van der Waals surface area contributed by atoms with Gasteiger partial charge >= 0.3 is 0 Å². The zero-order valence-corrected chi connectivity index (χ0v) is 18.2. The summed E-state index contributed by atoms with van der Waals surface area (Å²) in [5.74, 6) is -0.654. The van der Waals surface area contributed by atoms with E-state index in [2.05, 4.69) is 5.32 Å². The maximum absolute atomic E-state index is 13.2. The van der Waals surface area contributed by atoms with Gasteiger partial charge in [0, 0.05) is 42.9 Å². The number of carbonyl (C=O) groups is 3. The molecule has 1 unspecified atom stereocenters. The lowest BCUT2D eigenvalue weighted by Gasteiger charge is -2.38. The lowest BCUT2D eigenvalue weighted by molar-refractivity contribution is -0.132. The number of benzene rings is 2. The van der Waals surface area contributed by atoms with Crippen molar-refractivity contribution in [2.45, 2.75) is 32.2 Å². The number of amides is 3. The van der Waals surface area contributed by atoms with Gasteiger partial charge in [-0.15, -0.1) is 0 Å². The van der Waals surface area contributed by atoms with E-state index in [9.17, 15) is 14.4 Å². The number of hydrogen-bond donors (Lipinski definition) is 3. The van der Waals surface area contributed by atoms with Crippen LogP contribution in [0.4, 0.5) is 5.69 Å². The van der Waals surface area contributed by atoms with Crippen molar-refractivity contribution in [3.8, 4) is 0 Å². The summed E-state index contributed by atoms with van der Waals surface area (Å²) in [4.78, 5) is 41.4. The summed E-state index contributed by atoms with van der Waals surface area (Å²) >= 11 is 0. The molecule has 3 rings (SSSR count). The number of hydrogen-bond acceptors (Lipinski definition) is 4. The third kappa shape index (κ3) is 5.94. The highest BCUT2D eigenvalue weighted by Gasteiger charge is 2.29. The minimum atomic E-state index is -0.338. The first kappa shape index (κ1) is 23.0. The van der Waals surface area contributed by atoms with Crippen molar-refractivity contribution in [2.75, 3.05) is 25.0 Å². The third-order valence-electron chi connectivity index (χ3n) is 5.58. The van der Waals surface area contributed by atoms with E-state index in [1.54, 1.807) is 60.4 Å². The summed E-state index contributed by atoms with van der Waals surface area (Å²) in [6.45, 7) is 2.37.